The molecule has 0 saturated heterocycles. The van der Waals surface area contributed by atoms with E-state index in [9.17, 15) is 9.90 Å². The molecule has 4 aromatic rings. The van der Waals surface area contributed by atoms with E-state index in [0.29, 0.717) is 10.7 Å². The summed E-state index contributed by atoms with van der Waals surface area (Å²) in [4.78, 5) is 16.9. The first-order valence-electron chi connectivity index (χ1n) is 10.2. The van der Waals surface area contributed by atoms with Gasteiger partial charge in [-0.25, -0.2) is 9.67 Å². The number of aliphatic hydroxyl groups excluding tert-OH is 1. The number of para-hydroxylation sites is 2. The minimum Gasteiger partial charge on any atom is -0.490 e. The number of hydrogen-bond donors (Lipinski definition) is 2. The maximum atomic E-state index is 12.5. The molecular weight excluding hydrogens is 424 g/mol. The average molecular weight is 449 g/mol. The SMILES string of the molecule is Cc1cccc(C)c1OCC(O)CNC(=O)c1csc(-c2cnn(-c3ccccc3)c2)n1. The van der Waals surface area contributed by atoms with Crippen LogP contribution in [0.3, 0.4) is 0 Å². The lowest BCUT2D eigenvalue weighted by Crippen LogP contribution is -2.35. The average Bonchev–Trinajstić information content (AvgIpc) is 3.48. The lowest BCUT2D eigenvalue weighted by molar-refractivity contribution is 0.0838. The van der Waals surface area contributed by atoms with E-state index >= 15 is 0 Å². The molecule has 2 aromatic heterocycles. The molecule has 1 unspecified atom stereocenters. The number of amides is 1. The van der Waals surface area contributed by atoms with E-state index in [2.05, 4.69) is 15.4 Å². The summed E-state index contributed by atoms with van der Waals surface area (Å²) in [5.41, 5.74) is 4.10. The van der Waals surface area contributed by atoms with Crippen LogP contribution in [0.15, 0.2) is 66.3 Å². The first-order chi connectivity index (χ1) is 15.5. The van der Waals surface area contributed by atoms with Crippen LogP contribution < -0.4 is 10.1 Å². The summed E-state index contributed by atoms with van der Waals surface area (Å²) in [7, 11) is 0. The molecule has 1 amide bonds. The number of aryl methyl sites for hydroxylation is 2. The number of nitrogens with zero attached hydrogens (tertiary/aromatic N) is 3. The van der Waals surface area contributed by atoms with Gasteiger partial charge in [0.2, 0.25) is 0 Å². The Bertz CT molecular complexity index is 1180. The van der Waals surface area contributed by atoms with Crippen LogP contribution in [-0.2, 0) is 0 Å². The number of carbonyl (C=O) groups is 1. The molecule has 0 bridgehead atoms. The Kier molecular flexibility index (Phi) is 6.63. The Morgan fingerprint density at radius 2 is 1.91 bits per heavy atom. The van der Waals surface area contributed by atoms with Gasteiger partial charge in [0, 0.05) is 23.7 Å². The van der Waals surface area contributed by atoms with Crippen molar-refractivity contribution < 1.29 is 14.6 Å². The molecule has 0 aliphatic heterocycles. The zero-order valence-corrected chi connectivity index (χ0v) is 18.7. The summed E-state index contributed by atoms with van der Waals surface area (Å²) in [5.74, 6) is 0.423. The minimum absolute atomic E-state index is 0.0720. The molecule has 0 spiro atoms. The van der Waals surface area contributed by atoms with Crippen LogP contribution in [-0.4, -0.2) is 45.0 Å². The first-order valence-corrected chi connectivity index (χ1v) is 11.1. The van der Waals surface area contributed by atoms with E-state index in [1.807, 2.05) is 68.6 Å². The number of nitrogens with one attached hydrogen (secondary N) is 1. The Morgan fingerprint density at radius 1 is 1.16 bits per heavy atom. The van der Waals surface area contributed by atoms with Crippen molar-refractivity contribution in [1.29, 1.82) is 0 Å². The van der Waals surface area contributed by atoms with E-state index in [0.717, 1.165) is 28.1 Å². The number of thiazole rings is 1. The molecule has 164 valence electrons. The Labute approximate surface area is 190 Å². The number of aromatic nitrogens is 3. The second-order valence-electron chi connectivity index (χ2n) is 7.44. The highest BCUT2D eigenvalue weighted by Crippen LogP contribution is 2.24. The minimum atomic E-state index is -0.833. The maximum absolute atomic E-state index is 12.5. The van der Waals surface area contributed by atoms with Gasteiger partial charge in [0.25, 0.3) is 5.91 Å². The van der Waals surface area contributed by atoms with Gasteiger partial charge >= 0.3 is 0 Å². The summed E-state index contributed by atoms with van der Waals surface area (Å²) in [6.45, 7) is 4.08. The third-order valence-electron chi connectivity index (χ3n) is 4.91. The molecule has 2 heterocycles. The predicted octanol–water partition coefficient (Wildman–Crippen LogP) is 3.78. The molecular formula is C24H24N4O3S. The van der Waals surface area contributed by atoms with Crippen molar-refractivity contribution in [2.75, 3.05) is 13.2 Å². The van der Waals surface area contributed by atoms with Crippen molar-refractivity contribution in [3.05, 3.63) is 83.1 Å². The maximum Gasteiger partial charge on any atom is 0.270 e. The second kappa shape index (κ2) is 9.76. The van der Waals surface area contributed by atoms with Gasteiger partial charge in [0.15, 0.2) is 0 Å². The van der Waals surface area contributed by atoms with Gasteiger partial charge in [0.05, 0.1) is 11.9 Å². The third kappa shape index (κ3) is 5.04. The van der Waals surface area contributed by atoms with Crippen molar-refractivity contribution in [3.8, 4) is 22.0 Å². The van der Waals surface area contributed by atoms with E-state index < -0.39 is 6.10 Å². The molecule has 8 heteroatoms. The lowest BCUT2D eigenvalue weighted by Gasteiger charge is -2.15. The molecule has 0 radical (unpaired) electrons. The van der Waals surface area contributed by atoms with Gasteiger partial charge in [-0.2, -0.15) is 5.10 Å². The molecule has 2 aromatic carbocycles. The van der Waals surface area contributed by atoms with Gasteiger partial charge in [0.1, 0.15) is 29.2 Å². The van der Waals surface area contributed by atoms with Crippen molar-refractivity contribution in [1.82, 2.24) is 20.1 Å². The highest BCUT2D eigenvalue weighted by molar-refractivity contribution is 7.13. The number of aliphatic hydroxyl groups is 1. The largest absolute Gasteiger partial charge is 0.490 e. The smallest absolute Gasteiger partial charge is 0.270 e. The van der Waals surface area contributed by atoms with Crippen molar-refractivity contribution in [3.63, 3.8) is 0 Å². The van der Waals surface area contributed by atoms with Crippen LogP contribution in [0.2, 0.25) is 0 Å². The highest BCUT2D eigenvalue weighted by atomic mass is 32.1. The normalized spacial score (nSPS) is 11.8. The molecule has 7 nitrogen and oxygen atoms in total. The first kappa shape index (κ1) is 21.7. The predicted molar refractivity (Wildman–Crippen MR) is 124 cm³/mol. The summed E-state index contributed by atoms with van der Waals surface area (Å²) in [5, 5.41) is 19.7. The standard InChI is InChI=1S/C24H24N4O3S/c1-16-7-6-8-17(2)22(16)31-14-20(29)12-25-23(30)21-15-32-24(27-21)18-11-26-28(13-18)19-9-4-3-5-10-19/h3-11,13,15,20,29H,12,14H2,1-2H3,(H,25,30). The van der Waals surface area contributed by atoms with Crippen LogP contribution in [0.5, 0.6) is 5.75 Å². The number of benzene rings is 2. The summed E-state index contributed by atoms with van der Waals surface area (Å²) < 4.78 is 7.51. The van der Waals surface area contributed by atoms with Crippen molar-refractivity contribution in [2.45, 2.75) is 20.0 Å². The van der Waals surface area contributed by atoms with Crippen LogP contribution >= 0.6 is 11.3 Å². The molecule has 1 atom stereocenters. The Morgan fingerprint density at radius 3 is 2.66 bits per heavy atom. The van der Waals surface area contributed by atoms with Crippen LogP contribution in [0.25, 0.3) is 16.3 Å². The Balaban J connectivity index is 1.32. The molecule has 0 aliphatic rings. The summed E-state index contributed by atoms with van der Waals surface area (Å²) >= 11 is 1.37. The van der Waals surface area contributed by atoms with E-state index in [-0.39, 0.29) is 19.1 Å². The fraction of sp³-hybridized carbons (Fsp3) is 0.208. The van der Waals surface area contributed by atoms with E-state index in [1.54, 1.807) is 16.3 Å². The fourth-order valence-electron chi connectivity index (χ4n) is 3.23. The van der Waals surface area contributed by atoms with Gasteiger partial charge in [-0.1, -0.05) is 36.4 Å². The Hall–Kier alpha value is -3.49. The monoisotopic (exact) mass is 448 g/mol. The third-order valence-corrected chi connectivity index (χ3v) is 5.81. The zero-order chi connectivity index (χ0) is 22.5. The van der Waals surface area contributed by atoms with Gasteiger partial charge in [-0.05, 0) is 37.1 Å². The second-order valence-corrected chi connectivity index (χ2v) is 8.30. The topological polar surface area (TPSA) is 89.3 Å². The molecule has 32 heavy (non-hydrogen) atoms. The molecule has 4 rings (SSSR count). The van der Waals surface area contributed by atoms with Gasteiger partial charge in [-0.3, -0.25) is 4.79 Å². The van der Waals surface area contributed by atoms with Gasteiger partial charge < -0.3 is 15.2 Å². The highest BCUT2D eigenvalue weighted by Gasteiger charge is 2.15. The number of carbonyl (C=O) groups excluding carboxylic acids is 1. The summed E-state index contributed by atoms with van der Waals surface area (Å²) in [6, 6.07) is 15.7. The van der Waals surface area contributed by atoms with E-state index in [4.69, 9.17) is 4.74 Å². The van der Waals surface area contributed by atoms with Crippen molar-refractivity contribution >= 4 is 17.2 Å². The van der Waals surface area contributed by atoms with Crippen LogP contribution in [0.4, 0.5) is 0 Å². The zero-order valence-electron chi connectivity index (χ0n) is 17.9. The summed E-state index contributed by atoms with van der Waals surface area (Å²) in [6.07, 6.45) is 2.77. The quantitative estimate of drug-likeness (QED) is 0.428. The molecule has 0 aliphatic carbocycles. The van der Waals surface area contributed by atoms with Crippen LogP contribution in [0, 0.1) is 13.8 Å². The van der Waals surface area contributed by atoms with Crippen molar-refractivity contribution in [2.24, 2.45) is 0 Å². The number of hydrogen-bond acceptors (Lipinski definition) is 6. The molecule has 0 fully saturated rings. The fourth-order valence-corrected chi connectivity index (χ4v) is 4.01. The van der Waals surface area contributed by atoms with E-state index in [1.165, 1.54) is 11.3 Å². The van der Waals surface area contributed by atoms with Gasteiger partial charge in [-0.15, -0.1) is 11.3 Å². The molecule has 2 N–H and O–H groups in total. The lowest BCUT2D eigenvalue weighted by atomic mass is 10.1. The molecule has 0 saturated carbocycles. The van der Waals surface area contributed by atoms with Crippen LogP contribution in [0.1, 0.15) is 21.6 Å². The number of ether oxygens (including phenoxy) is 1. The number of rotatable bonds is 8.